The first-order valence-corrected chi connectivity index (χ1v) is 6.43. The minimum absolute atomic E-state index is 0.149. The fraction of sp³-hybridized carbons (Fsp3) is 0.500. The van der Waals surface area contributed by atoms with Crippen LogP contribution in [-0.2, 0) is 16.1 Å². The normalized spacial score (nSPS) is 10.6. The number of amidine groups is 1. The summed E-state index contributed by atoms with van der Waals surface area (Å²) < 4.78 is 24.0. The van der Waals surface area contributed by atoms with Gasteiger partial charge in [0.25, 0.3) is 0 Å². The Bertz CT molecular complexity index is 410. The Balaban J connectivity index is 2.31. The number of hydrogen-bond acceptors (Lipinski definition) is 3. The summed E-state index contributed by atoms with van der Waals surface area (Å²) in [7, 11) is 0. The summed E-state index contributed by atoms with van der Waals surface area (Å²) in [6.45, 7) is 4.14. The van der Waals surface area contributed by atoms with Crippen LogP contribution in [0, 0.1) is 11.2 Å². The molecule has 0 saturated heterocycles. The molecule has 106 valence electrons. The van der Waals surface area contributed by atoms with Crippen molar-refractivity contribution in [3.8, 4) is 0 Å². The van der Waals surface area contributed by atoms with Gasteiger partial charge in [0.2, 0.25) is 0 Å². The van der Waals surface area contributed by atoms with Crippen molar-refractivity contribution in [3.05, 3.63) is 35.1 Å². The minimum Gasteiger partial charge on any atom is -0.384 e. The Morgan fingerprint density at radius 1 is 1.21 bits per heavy atom. The van der Waals surface area contributed by atoms with E-state index in [1.165, 1.54) is 12.1 Å². The van der Waals surface area contributed by atoms with Gasteiger partial charge in [0.1, 0.15) is 11.7 Å². The van der Waals surface area contributed by atoms with Crippen LogP contribution in [0.5, 0.6) is 0 Å². The molecule has 0 bridgehead atoms. The second kappa shape index (κ2) is 8.61. The van der Waals surface area contributed by atoms with Crippen LogP contribution in [0.3, 0.4) is 0 Å². The van der Waals surface area contributed by atoms with E-state index in [1.54, 1.807) is 6.07 Å². The Morgan fingerprint density at radius 2 is 1.95 bits per heavy atom. The fourth-order valence-electron chi connectivity index (χ4n) is 1.55. The zero-order valence-electron chi connectivity index (χ0n) is 11.2. The summed E-state index contributed by atoms with van der Waals surface area (Å²) in [5.41, 5.74) is 6.37. The smallest absolute Gasteiger partial charge is 0.124 e. The number of hydrogen-bond donors (Lipinski definition) is 2. The van der Waals surface area contributed by atoms with Crippen molar-refractivity contribution >= 4 is 5.84 Å². The van der Waals surface area contributed by atoms with Crippen LogP contribution in [0.4, 0.5) is 4.39 Å². The van der Waals surface area contributed by atoms with Gasteiger partial charge in [0.15, 0.2) is 0 Å². The number of unbranched alkanes of at least 4 members (excludes halogenated alkanes) is 1. The van der Waals surface area contributed by atoms with Gasteiger partial charge in [-0.25, -0.2) is 4.39 Å². The van der Waals surface area contributed by atoms with E-state index in [2.05, 4.69) is 6.92 Å². The summed E-state index contributed by atoms with van der Waals surface area (Å²) >= 11 is 0. The molecule has 1 rings (SSSR count). The second-order valence-corrected chi connectivity index (χ2v) is 4.28. The molecule has 0 spiro atoms. The largest absolute Gasteiger partial charge is 0.384 e. The molecule has 0 heterocycles. The first kappa shape index (κ1) is 15.6. The van der Waals surface area contributed by atoms with Crippen LogP contribution >= 0.6 is 0 Å². The first-order chi connectivity index (χ1) is 9.13. The van der Waals surface area contributed by atoms with E-state index in [0.29, 0.717) is 24.3 Å². The molecule has 4 nitrogen and oxygen atoms in total. The van der Waals surface area contributed by atoms with Crippen LogP contribution in [0.2, 0.25) is 0 Å². The molecule has 0 radical (unpaired) electrons. The van der Waals surface area contributed by atoms with Gasteiger partial charge in [0, 0.05) is 12.2 Å². The molecule has 19 heavy (non-hydrogen) atoms. The summed E-state index contributed by atoms with van der Waals surface area (Å²) in [5.74, 6) is -0.561. The van der Waals surface area contributed by atoms with Crippen molar-refractivity contribution in [2.45, 2.75) is 26.4 Å². The van der Waals surface area contributed by atoms with Gasteiger partial charge in [-0.15, -0.1) is 0 Å². The Morgan fingerprint density at radius 3 is 2.63 bits per heavy atom. The van der Waals surface area contributed by atoms with Crippen molar-refractivity contribution in [1.29, 1.82) is 5.41 Å². The van der Waals surface area contributed by atoms with Gasteiger partial charge < -0.3 is 15.2 Å². The molecule has 0 amide bonds. The van der Waals surface area contributed by atoms with E-state index in [1.807, 2.05) is 0 Å². The zero-order valence-corrected chi connectivity index (χ0v) is 11.2. The van der Waals surface area contributed by atoms with Gasteiger partial charge in [0.05, 0.1) is 19.8 Å². The van der Waals surface area contributed by atoms with E-state index in [4.69, 9.17) is 20.6 Å². The number of halogens is 1. The van der Waals surface area contributed by atoms with Gasteiger partial charge in [-0.2, -0.15) is 0 Å². The standard InChI is InChI=1S/C14H21FN2O2/c1-2-3-4-18-5-6-19-10-11-7-12(14(16)17)9-13(15)8-11/h7-9H,2-6,10H2,1H3,(H3,16,17). The van der Waals surface area contributed by atoms with Gasteiger partial charge in [-0.1, -0.05) is 13.3 Å². The number of nitrogen functional groups attached to an aromatic ring is 1. The molecule has 3 N–H and O–H groups in total. The summed E-state index contributed by atoms with van der Waals surface area (Å²) in [6, 6.07) is 4.27. The third kappa shape index (κ3) is 6.31. The lowest BCUT2D eigenvalue weighted by atomic mass is 10.1. The van der Waals surface area contributed by atoms with Crippen LogP contribution in [0.25, 0.3) is 0 Å². The average Bonchev–Trinajstić information content (AvgIpc) is 2.37. The molecule has 0 aromatic heterocycles. The highest BCUT2D eigenvalue weighted by atomic mass is 19.1. The minimum atomic E-state index is -0.412. The molecular weight excluding hydrogens is 247 g/mol. The van der Waals surface area contributed by atoms with E-state index in [0.717, 1.165) is 19.4 Å². The van der Waals surface area contributed by atoms with E-state index in [-0.39, 0.29) is 12.4 Å². The van der Waals surface area contributed by atoms with Gasteiger partial charge >= 0.3 is 0 Å². The lowest BCUT2D eigenvalue weighted by Crippen LogP contribution is -2.12. The molecule has 5 heteroatoms. The zero-order chi connectivity index (χ0) is 14.1. The Kier molecular flexibility index (Phi) is 7.07. The second-order valence-electron chi connectivity index (χ2n) is 4.28. The lowest BCUT2D eigenvalue weighted by molar-refractivity contribution is 0.0396. The number of rotatable bonds is 9. The maximum absolute atomic E-state index is 13.3. The molecule has 0 aliphatic heterocycles. The highest BCUT2D eigenvalue weighted by molar-refractivity contribution is 5.95. The van der Waals surface area contributed by atoms with Gasteiger partial charge in [-0.05, 0) is 30.2 Å². The Hall–Kier alpha value is -1.46. The summed E-state index contributed by atoms with van der Waals surface area (Å²) in [5, 5.41) is 7.29. The monoisotopic (exact) mass is 268 g/mol. The predicted molar refractivity (Wildman–Crippen MR) is 72.8 cm³/mol. The maximum Gasteiger partial charge on any atom is 0.124 e. The van der Waals surface area contributed by atoms with Crippen molar-refractivity contribution in [3.63, 3.8) is 0 Å². The molecule has 0 saturated carbocycles. The van der Waals surface area contributed by atoms with Crippen LogP contribution < -0.4 is 5.73 Å². The molecule has 1 aromatic carbocycles. The molecule has 0 aliphatic rings. The average molecular weight is 268 g/mol. The van der Waals surface area contributed by atoms with E-state index >= 15 is 0 Å². The fourth-order valence-corrected chi connectivity index (χ4v) is 1.55. The third-order valence-corrected chi connectivity index (χ3v) is 2.55. The highest BCUT2D eigenvalue weighted by Gasteiger charge is 2.03. The van der Waals surface area contributed by atoms with Crippen LogP contribution in [0.15, 0.2) is 18.2 Å². The summed E-state index contributed by atoms with van der Waals surface area (Å²) in [4.78, 5) is 0. The van der Waals surface area contributed by atoms with Crippen molar-refractivity contribution < 1.29 is 13.9 Å². The topological polar surface area (TPSA) is 68.3 Å². The van der Waals surface area contributed by atoms with E-state index in [9.17, 15) is 4.39 Å². The summed E-state index contributed by atoms with van der Waals surface area (Å²) in [6.07, 6.45) is 2.16. The number of ether oxygens (including phenoxy) is 2. The predicted octanol–water partition coefficient (Wildman–Crippen LogP) is 2.44. The molecule has 0 fully saturated rings. The quantitative estimate of drug-likeness (QED) is 0.410. The molecular formula is C14H21FN2O2. The SMILES string of the molecule is CCCCOCCOCc1cc(F)cc(C(=N)N)c1. The van der Waals surface area contributed by atoms with Crippen molar-refractivity contribution in [2.75, 3.05) is 19.8 Å². The number of nitrogens with two attached hydrogens (primary N) is 1. The maximum atomic E-state index is 13.3. The van der Waals surface area contributed by atoms with Crippen LogP contribution in [0.1, 0.15) is 30.9 Å². The molecule has 0 atom stereocenters. The van der Waals surface area contributed by atoms with Crippen molar-refractivity contribution in [2.24, 2.45) is 5.73 Å². The molecule has 0 aliphatic carbocycles. The molecule has 0 unspecified atom stereocenters. The third-order valence-electron chi connectivity index (χ3n) is 2.55. The van der Waals surface area contributed by atoms with E-state index < -0.39 is 5.82 Å². The van der Waals surface area contributed by atoms with Crippen molar-refractivity contribution in [1.82, 2.24) is 0 Å². The molecule has 1 aromatic rings. The lowest BCUT2D eigenvalue weighted by Gasteiger charge is -2.07. The van der Waals surface area contributed by atoms with Crippen LogP contribution in [-0.4, -0.2) is 25.7 Å². The Labute approximate surface area is 113 Å². The van der Waals surface area contributed by atoms with Gasteiger partial charge in [-0.3, -0.25) is 5.41 Å². The first-order valence-electron chi connectivity index (χ1n) is 6.43. The number of benzene rings is 1. The number of nitrogens with one attached hydrogen (secondary N) is 1. The highest BCUT2D eigenvalue weighted by Crippen LogP contribution is 2.10.